The average molecular weight is 248 g/mol. The number of hydrogen-bond acceptors (Lipinski definition) is 5. The molecule has 1 aromatic carbocycles. The van der Waals surface area contributed by atoms with Crippen LogP contribution in [0.3, 0.4) is 0 Å². The van der Waals surface area contributed by atoms with E-state index in [1.165, 1.54) is 0 Å². The molecule has 1 heterocycles. The summed E-state index contributed by atoms with van der Waals surface area (Å²) in [7, 11) is 0. The van der Waals surface area contributed by atoms with Crippen LogP contribution in [0, 0.1) is 0 Å². The zero-order valence-corrected chi connectivity index (χ0v) is 9.54. The van der Waals surface area contributed by atoms with E-state index in [9.17, 15) is 9.90 Å². The Labute approximate surface area is 103 Å². The lowest BCUT2D eigenvalue weighted by atomic mass is 10.1. The lowest BCUT2D eigenvalue weighted by molar-refractivity contribution is -0.136. The highest BCUT2D eigenvalue weighted by Crippen LogP contribution is 2.13. The zero-order valence-electron chi connectivity index (χ0n) is 9.54. The third-order valence-electron chi connectivity index (χ3n) is 2.35. The Bertz CT molecular complexity index is 551. The van der Waals surface area contributed by atoms with E-state index in [2.05, 4.69) is 10.2 Å². The zero-order chi connectivity index (χ0) is 13.0. The lowest BCUT2D eigenvalue weighted by Gasteiger charge is -1.98. The molecule has 0 amide bonds. The first-order chi connectivity index (χ1) is 8.63. The Morgan fingerprint density at radius 1 is 1.22 bits per heavy atom. The average Bonchev–Trinajstić information content (AvgIpc) is 2.73. The Morgan fingerprint density at radius 3 is 2.72 bits per heavy atom. The van der Waals surface area contributed by atoms with Crippen molar-refractivity contribution in [2.75, 3.05) is 0 Å². The number of nitrogens with zero attached hydrogens (tertiary/aromatic N) is 2. The SMILES string of the molecule is O=C(O)Cc1nnc(CCc2cccc(O)c2)o1. The third-order valence-corrected chi connectivity index (χ3v) is 2.35. The van der Waals surface area contributed by atoms with Crippen LogP contribution in [0.15, 0.2) is 28.7 Å². The van der Waals surface area contributed by atoms with E-state index in [1.807, 2.05) is 6.07 Å². The van der Waals surface area contributed by atoms with Gasteiger partial charge in [0.15, 0.2) is 0 Å². The van der Waals surface area contributed by atoms with Gasteiger partial charge < -0.3 is 14.6 Å². The van der Waals surface area contributed by atoms with Crippen LogP contribution in [0.1, 0.15) is 17.3 Å². The van der Waals surface area contributed by atoms with E-state index in [0.29, 0.717) is 18.7 Å². The van der Waals surface area contributed by atoms with Crippen molar-refractivity contribution in [3.05, 3.63) is 41.6 Å². The topological polar surface area (TPSA) is 96.5 Å². The number of carbonyl (C=O) groups is 1. The van der Waals surface area contributed by atoms with Gasteiger partial charge in [0.05, 0.1) is 0 Å². The van der Waals surface area contributed by atoms with E-state index in [4.69, 9.17) is 9.52 Å². The molecule has 6 heteroatoms. The molecule has 0 atom stereocenters. The molecule has 0 fully saturated rings. The van der Waals surface area contributed by atoms with Crippen molar-refractivity contribution < 1.29 is 19.4 Å². The molecule has 0 unspecified atom stereocenters. The van der Waals surface area contributed by atoms with Crippen molar-refractivity contribution >= 4 is 5.97 Å². The molecule has 0 radical (unpaired) electrons. The second-order valence-corrected chi connectivity index (χ2v) is 3.83. The predicted molar refractivity (Wildman–Crippen MR) is 61.2 cm³/mol. The van der Waals surface area contributed by atoms with Gasteiger partial charge in [0.25, 0.3) is 0 Å². The molecule has 18 heavy (non-hydrogen) atoms. The Kier molecular flexibility index (Phi) is 3.57. The van der Waals surface area contributed by atoms with Crippen LogP contribution in [-0.4, -0.2) is 26.4 Å². The maximum absolute atomic E-state index is 10.4. The van der Waals surface area contributed by atoms with Crippen LogP contribution >= 0.6 is 0 Å². The number of aliphatic carboxylic acids is 1. The first-order valence-corrected chi connectivity index (χ1v) is 5.44. The van der Waals surface area contributed by atoms with Crippen molar-refractivity contribution in [2.45, 2.75) is 19.3 Å². The van der Waals surface area contributed by atoms with E-state index in [0.717, 1.165) is 5.56 Å². The summed E-state index contributed by atoms with van der Waals surface area (Å²) >= 11 is 0. The fourth-order valence-electron chi connectivity index (χ4n) is 1.55. The minimum Gasteiger partial charge on any atom is -0.508 e. The standard InChI is InChI=1S/C12H12N2O4/c15-9-3-1-2-8(6-9)4-5-10-13-14-11(18-10)7-12(16)17/h1-3,6,15H,4-5,7H2,(H,16,17). The summed E-state index contributed by atoms with van der Waals surface area (Å²) in [6.07, 6.45) is 0.887. The molecule has 1 aromatic heterocycles. The van der Waals surface area contributed by atoms with Crippen LogP contribution in [0.25, 0.3) is 0 Å². The molecule has 2 rings (SSSR count). The second kappa shape index (κ2) is 5.31. The summed E-state index contributed by atoms with van der Waals surface area (Å²) in [6, 6.07) is 6.90. The second-order valence-electron chi connectivity index (χ2n) is 3.83. The number of phenols is 1. The molecule has 0 bridgehead atoms. The van der Waals surface area contributed by atoms with Gasteiger partial charge in [-0.15, -0.1) is 10.2 Å². The molecular weight excluding hydrogens is 236 g/mol. The van der Waals surface area contributed by atoms with Crippen LogP contribution in [0.5, 0.6) is 5.75 Å². The fraction of sp³-hybridized carbons (Fsp3) is 0.250. The van der Waals surface area contributed by atoms with E-state index in [-0.39, 0.29) is 18.1 Å². The summed E-state index contributed by atoms with van der Waals surface area (Å²) in [4.78, 5) is 10.4. The van der Waals surface area contributed by atoms with Crippen molar-refractivity contribution in [1.82, 2.24) is 10.2 Å². The van der Waals surface area contributed by atoms with Crippen molar-refractivity contribution in [3.63, 3.8) is 0 Å². The van der Waals surface area contributed by atoms with Gasteiger partial charge in [-0.3, -0.25) is 4.79 Å². The van der Waals surface area contributed by atoms with Gasteiger partial charge >= 0.3 is 5.97 Å². The number of aromatic nitrogens is 2. The summed E-state index contributed by atoms with van der Waals surface area (Å²) < 4.78 is 5.18. The van der Waals surface area contributed by atoms with Crippen LogP contribution < -0.4 is 0 Å². The Hall–Kier alpha value is -2.37. The van der Waals surface area contributed by atoms with Gasteiger partial charge in [0.1, 0.15) is 12.2 Å². The Morgan fingerprint density at radius 2 is 2.00 bits per heavy atom. The van der Waals surface area contributed by atoms with Gasteiger partial charge in [-0.25, -0.2) is 0 Å². The monoisotopic (exact) mass is 248 g/mol. The molecule has 0 saturated heterocycles. The van der Waals surface area contributed by atoms with Crippen LogP contribution in [0.4, 0.5) is 0 Å². The van der Waals surface area contributed by atoms with Gasteiger partial charge in [-0.05, 0) is 24.1 Å². The number of carboxylic acid groups (broad SMARTS) is 1. The summed E-state index contributed by atoms with van der Waals surface area (Å²) in [5.41, 5.74) is 0.952. The lowest BCUT2D eigenvalue weighted by Crippen LogP contribution is -1.99. The number of aryl methyl sites for hydroxylation is 2. The number of phenolic OH excluding ortho intramolecular Hbond substituents is 1. The molecular formula is C12H12N2O4. The highest BCUT2D eigenvalue weighted by molar-refractivity contribution is 5.68. The molecule has 94 valence electrons. The highest BCUT2D eigenvalue weighted by atomic mass is 16.4. The first-order valence-electron chi connectivity index (χ1n) is 5.44. The highest BCUT2D eigenvalue weighted by Gasteiger charge is 2.09. The van der Waals surface area contributed by atoms with Crippen molar-refractivity contribution in [3.8, 4) is 5.75 Å². The molecule has 0 spiro atoms. The molecule has 0 aliphatic heterocycles. The number of rotatable bonds is 5. The number of benzene rings is 1. The van der Waals surface area contributed by atoms with Crippen LogP contribution in [0.2, 0.25) is 0 Å². The largest absolute Gasteiger partial charge is 0.508 e. The first kappa shape index (κ1) is 12.1. The number of aromatic hydroxyl groups is 1. The smallest absolute Gasteiger partial charge is 0.312 e. The third kappa shape index (κ3) is 3.31. The molecule has 0 aliphatic carbocycles. The van der Waals surface area contributed by atoms with Crippen molar-refractivity contribution in [1.29, 1.82) is 0 Å². The summed E-state index contributed by atoms with van der Waals surface area (Å²) in [6.45, 7) is 0. The molecule has 2 N–H and O–H groups in total. The molecule has 6 nitrogen and oxygen atoms in total. The van der Waals surface area contributed by atoms with Crippen molar-refractivity contribution in [2.24, 2.45) is 0 Å². The number of carboxylic acids is 1. The van der Waals surface area contributed by atoms with Gasteiger partial charge in [-0.1, -0.05) is 12.1 Å². The quantitative estimate of drug-likeness (QED) is 0.824. The molecule has 0 aliphatic rings. The van der Waals surface area contributed by atoms with E-state index < -0.39 is 5.97 Å². The van der Waals surface area contributed by atoms with Gasteiger partial charge in [0, 0.05) is 6.42 Å². The predicted octanol–water partition coefficient (Wildman–Crippen LogP) is 1.19. The summed E-state index contributed by atoms with van der Waals surface area (Å²) in [5.74, 6) is -0.286. The molecule has 0 saturated carbocycles. The van der Waals surface area contributed by atoms with Gasteiger partial charge in [0.2, 0.25) is 11.8 Å². The summed E-state index contributed by atoms with van der Waals surface area (Å²) in [5, 5.41) is 25.3. The Balaban J connectivity index is 1.94. The normalized spacial score (nSPS) is 10.4. The molecule has 2 aromatic rings. The van der Waals surface area contributed by atoms with E-state index >= 15 is 0 Å². The minimum atomic E-state index is -1.00. The van der Waals surface area contributed by atoms with E-state index in [1.54, 1.807) is 18.2 Å². The maximum Gasteiger partial charge on any atom is 0.312 e. The minimum absolute atomic E-state index is 0.105. The maximum atomic E-state index is 10.4. The van der Waals surface area contributed by atoms with Crippen LogP contribution in [-0.2, 0) is 24.1 Å². The van der Waals surface area contributed by atoms with Gasteiger partial charge in [-0.2, -0.15) is 0 Å². The number of hydrogen-bond donors (Lipinski definition) is 2. The fourth-order valence-corrected chi connectivity index (χ4v) is 1.55.